The number of aromatic nitrogens is 3. The van der Waals surface area contributed by atoms with E-state index < -0.39 is 18.0 Å². The number of hydrogen-bond acceptors (Lipinski definition) is 5. The Hall–Kier alpha value is -6.19. The molecule has 9 nitrogen and oxygen atoms in total. The van der Waals surface area contributed by atoms with Crippen molar-refractivity contribution in [3.05, 3.63) is 160 Å². The lowest BCUT2D eigenvalue weighted by Gasteiger charge is -2.13. The number of hydrogen-bond donors (Lipinski definition) is 4. The number of carboxylic acids is 2. The molecular formula is C39H32N4O5. The third kappa shape index (κ3) is 5.46. The fourth-order valence-electron chi connectivity index (χ4n) is 6.38. The van der Waals surface area contributed by atoms with Crippen LogP contribution in [0.5, 0.6) is 0 Å². The lowest BCUT2D eigenvalue weighted by Crippen LogP contribution is -2.11. The van der Waals surface area contributed by atoms with Gasteiger partial charge in [0.2, 0.25) is 0 Å². The van der Waals surface area contributed by atoms with Crippen LogP contribution in [-0.4, -0.2) is 41.0 Å². The molecule has 0 bridgehead atoms. The quantitative estimate of drug-likeness (QED) is 0.129. The molecule has 4 aromatic heterocycles. The van der Waals surface area contributed by atoms with Crippen molar-refractivity contribution in [1.29, 1.82) is 0 Å². The summed E-state index contributed by atoms with van der Waals surface area (Å²) in [7, 11) is 0. The van der Waals surface area contributed by atoms with Crippen LogP contribution in [0.15, 0.2) is 121 Å². The molecule has 0 saturated carbocycles. The lowest BCUT2D eigenvalue weighted by molar-refractivity contribution is 0.0678. The standard InChI is InChI=1S/C39H32N4O5/c1-3-25-8-6-12-32(25)27-10-4-7-24(17-27)21-40-33-14-13-31-19-30(22-43(31)36(33)39(47)48)26-9-5-11-28(18-26)37(44)29-15-16-42-34(20-29)41-23(2)35(42)38(45)46/h3-20,22,37,40,44H,21H2,1-2H3,(H,45,46)(H,47,48)/b25-3-. The normalized spacial score (nSPS) is 14.1. The third-order valence-corrected chi connectivity index (χ3v) is 8.73. The second kappa shape index (κ2) is 12.2. The van der Waals surface area contributed by atoms with Gasteiger partial charge in [0.1, 0.15) is 11.8 Å². The number of anilines is 1. The van der Waals surface area contributed by atoms with Crippen LogP contribution in [0.1, 0.15) is 62.0 Å². The van der Waals surface area contributed by atoms with Gasteiger partial charge in [0, 0.05) is 30.0 Å². The van der Waals surface area contributed by atoms with Crippen LogP contribution in [0.25, 0.3) is 27.9 Å². The first-order chi connectivity index (χ1) is 23.2. The molecule has 1 unspecified atom stereocenters. The molecule has 9 heteroatoms. The van der Waals surface area contributed by atoms with E-state index in [1.807, 2.05) is 61.5 Å². The van der Waals surface area contributed by atoms with Crippen molar-refractivity contribution in [1.82, 2.24) is 13.8 Å². The summed E-state index contributed by atoms with van der Waals surface area (Å²) in [5.74, 6) is -2.13. The molecule has 1 aliphatic carbocycles. The number of carboxylic acid groups (broad SMARTS) is 2. The Morgan fingerprint density at radius 1 is 0.875 bits per heavy atom. The summed E-state index contributed by atoms with van der Waals surface area (Å²) in [5, 5.41) is 34.5. The number of fused-ring (bicyclic) bond motifs is 2. The summed E-state index contributed by atoms with van der Waals surface area (Å²) in [4.78, 5) is 28.6. The van der Waals surface area contributed by atoms with Crippen LogP contribution in [0, 0.1) is 6.92 Å². The molecule has 0 fully saturated rings. The molecule has 0 saturated heterocycles. The predicted molar refractivity (Wildman–Crippen MR) is 185 cm³/mol. The molecule has 48 heavy (non-hydrogen) atoms. The minimum Gasteiger partial charge on any atom is -0.477 e. The lowest BCUT2D eigenvalue weighted by atomic mass is 9.98. The van der Waals surface area contributed by atoms with Crippen molar-refractivity contribution in [2.75, 3.05) is 5.32 Å². The predicted octanol–water partition coefficient (Wildman–Crippen LogP) is 7.55. The smallest absolute Gasteiger partial charge is 0.355 e. The molecule has 0 spiro atoms. The SMILES string of the molecule is C/C=C1/C=CC=C1c1cccc(CNc2ccc3cc(-c4cccc(C(O)c5ccn6c(C(=O)O)c(C)nc6c5)c4)cn3c2C(=O)O)c1. The van der Waals surface area contributed by atoms with E-state index in [0.717, 1.165) is 33.3 Å². The van der Waals surface area contributed by atoms with Gasteiger partial charge in [-0.05, 0) is 95.3 Å². The van der Waals surface area contributed by atoms with E-state index in [9.17, 15) is 24.9 Å². The van der Waals surface area contributed by atoms with Crippen LogP contribution in [0.4, 0.5) is 5.69 Å². The van der Waals surface area contributed by atoms with Gasteiger partial charge in [0.15, 0.2) is 11.4 Å². The molecule has 4 N–H and O–H groups in total. The van der Waals surface area contributed by atoms with Crippen LogP contribution < -0.4 is 5.32 Å². The number of aliphatic hydroxyl groups is 1. The Kier molecular flexibility index (Phi) is 7.74. The number of rotatable bonds is 9. The first-order valence-corrected chi connectivity index (χ1v) is 15.5. The highest BCUT2D eigenvalue weighted by Gasteiger charge is 2.20. The molecule has 0 amide bonds. The molecule has 0 radical (unpaired) electrons. The van der Waals surface area contributed by atoms with Gasteiger partial charge in [-0.25, -0.2) is 14.6 Å². The van der Waals surface area contributed by atoms with Crippen molar-refractivity contribution < 1.29 is 24.9 Å². The second-order valence-corrected chi connectivity index (χ2v) is 11.7. The molecule has 1 aliphatic rings. The fraction of sp³-hybridized carbons (Fsp3) is 0.103. The number of aromatic carboxylic acids is 2. The minimum absolute atomic E-state index is 0.0835. The van der Waals surface area contributed by atoms with E-state index in [-0.39, 0.29) is 11.4 Å². The Morgan fingerprint density at radius 2 is 1.65 bits per heavy atom. The van der Waals surface area contributed by atoms with Gasteiger partial charge >= 0.3 is 11.9 Å². The number of pyridine rings is 2. The zero-order valence-corrected chi connectivity index (χ0v) is 26.3. The number of aryl methyl sites for hydroxylation is 1. The fourth-order valence-corrected chi connectivity index (χ4v) is 6.38. The summed E-state index contributed by atoms with van der Waals surface area (Å²) >= 11 is 0. The van der Waals surface area contributed by atoms with Crippen LogP contribution in [0.2, 0.25) is 0 Å². The first kappa shape index (κ1) is 30.5. The Morgan fingerprint density at radius 3 is 2.44 bits per heavy atom. The van der Waals surface area contributed by atoms with E-state index >= 15 is 0 Å². The zero-order valence-electron chi connectivity index (χ0n) is 26.3. The Bertz CT molecular complexity index is 2360. The van der Waals surface area contributed by atoms with Crippen LogP contribution >= 0.6 is 0 Å². The maximum Gasteiger partial charge on any atom is 0.355 e. The molecule has 7 rings (SSSR count). The van der Waals surface area contributed by atoms with Gasteiger partial charge in [-0.1, -0.05) is 60.7 Å². The average molecular weight is 637 g/mol. The topological polar surface area (TPSA) is 129 Å². The molecule has 238 valence electrons. The summed E-state index contributed by atoms with van der Waals surface area (Å²) in [6, 6.07) is 24.6. The van der Waals surface area contributed by atoms with Crippen molar-refractivity contribution >= 4 is 34.4 Å². The minimum atomic E-state index is -1.07. The maximum absolute atomic E-state index is 12.6. The summed E-state index contributed by atoms with van der Waals surface area (Å²) in [6.07, 6.45) is 10.7. The number of imidazole rings is 1. The Balaban J connectivity index is 1.16. The third-order valence-electron chi connectivity index (χ3n) is 8.73. The van der Waals surface area contributed by atoms with E-state index in [2.05, 4.69) is 40.7 Å². The highest BCUT2D eigenvalue weighted by molar-refractivity contribution is 5.94. The van der Waals surface area contributed by atoms with Gasteiger partial charge in [0.25, 0.3) is 0 Å². The molecule has 4 heterocycles. The highest BCUT2D eigenvalue weighted by atomic mass is 16.4. The monoisotopic (exact) mass is 636 g/mol. The number of nitrogens with zero attached hydrogens (tertiary/aromatic N) is 3. The van der Waals surface area contributed by atoms with Crippen molar-refractivity contribution in [2.45, 2.75) is 26.5 Å². The number of carbonyl (C=O) groups is 2. The van der Waals surface area contributed by atoms with E-state index in [1.165, 1.54) is 9.97 Å². The summed E-state index contributed by atoms with van der Waals surface area (Å²) in [6.45, 7) is 4.10. The number of benzene rings is 2. The van der Waals surface area contributed by atoms with Gasteiger partial charge in [-0.2, -0.15) is 0 Å². The number of aliphatic hydroxyl groups excluding tert-OH is 1. The summed E-state index contributed by atoms with van der Waals surface area (Å²) < 4.78 is 3.16. The molecule has 6 aromatic rings. The van der Waals surface area contributed by atoms with Crippen LogP contribution in [0.3, 0.4) is 0 Å². The number of nitrogens with one attached hydrogen (secondary N) is 1. The van der Waals surface area contributed by atoms with E-state index in [1.54, 1.807) is 41.9 Å². The molecule has 2 aromatic carbocycles. The molecule has 0 aliphatic heterocycles. The van der Waals surface area contributed by atoms with Crippen molar-refractivity contribution in [2.24, 2.45) is 0 Å². The largest absolute Gasteiger partial charge is 0.477 e. The zero-order chi connectivity index (χ0) is 33.5. The number of allylic oxidation sites excluding steroid dienone is 6. The maximum atomic E-state index is 12.6. The van der Waals surface area contributed by atoms with Gasteiger partial charge in [0.05, 0.1) is 11.4 Å². The second-order valence-electron chi connectivity index (χ2n) is 11.7. The van der Waals surface area contributed by atoms with Crippen molar-refractivity contribution in [3.8, 4) is 11.1 Å². The highest BCUT2D eigenvalue weighted by Crippen LogP contribution is 2.32. The molecular weight excluding hydrogens is 604 g/mol. The van der Waals surface area contributed by atoms with Gasteiger partial charge < -0.3 is 25.0 Å². The van der Waals surface area contributed by atoms with Gasteiger partial charge in [-0.15, -0.1) is 0 Å². The Labute approximate surface area is 276 Å². The average Bonchev–Trinajstić information content (AvgIpc) is 3.82. The van der Waals surface area contributed by atoms with Gasteiger partial charge in [-0.3, -0.25) is 4.40 Å². The first-order valence-electron chi connectivity index (χ1n) is 15.5. The summed E-state index contributed by atoms with van der Waals surface area (Å²) in [5.41, 5.74) is 9.50. The van der Waals surface area contributed by atoms with E-state index in [4.69, 9.17) is 0 Å². The van der Waals surface area contributed by atoms with Crippen molar-refractivity contribution in [3.63, 3.8) is 0 Å². The van der Waals surface area contributed by atoms with E-state index in [0.29, 0.717) is 34.7 Å². The molecule has 1 atom stereocenters. The van der Waals surface area contributed by atoms with Crippen LogP contribution in [-0.2, 0) is 6.54 Å².